The topological polar surface area (TPSA) is 50.4 Å². The number of amides is 1. The fourth-order valence-corrected chi connectivity index (χ4v) is 1.20. The Bertz CT molecular complexity index is 337. The highest BCUT2D eigenvalue weighted by atomic mass is 16.5. The molecule has 0 bridgehead atoms. The van der Waals surface area contributed by atoms with Crippen molar-refractivity contribution in [2.24, 2.45) is 0 Å². The number of benzene rings is 1. The first-order valence-electron chi connectivity index (χ1n) is 4.31. The minimum atomic E-state index is -0.457. The Balaban J connectivity index is 2.92. The Kier molecular flexibility index (Phi) is 3.34. The third-order valence-electron chi connectivity index (χ3n) is 2.03. The molecule has 14 heavy (non-hydrogen) atoms. The van der Waals surface area contributed by atoms with Crippen LogP contribution < -0.4 is 10.6 Å². The Hall–Kier alpha value is -1.71. The number of ether oxygens (including phenoxy) is 1. The quantitative estimate of drug-likeness (QED) is 0.758. The first kappa shape index (κ1) is 10.4. The van der Waals surface area contributed by atoms with Crippen molar-refractivity contribution in [2.75, 3.05) is 24.8 Å². The summed E-state index contributed by atoms with van der Waals surface area (Å²) in [5, 5.41) is 5.67. The molecule has 76 valence electrons. The van der Waals surface area contributed by atoms with Crippen molar-refractivity contribution < 1.29 is 9.53 Å². The predicted molar refractivity (Wildman–Crippen MR) is 56.8 cm³/mol. The highest BCUT2D eigenvalue weighted by Crippen LogP contribution is 2.22. The molecule has 0 aliphatic rings. The van der Waals surface area contributed by atoms with Crippen molar-refractivity contribution in [1.29, 1.82) is 0 Å². The first-order valence-corrected chi connectivity index (χ1v) is 4.31. The molecular formula is C10H14N2O2. The smallest absolute Gasteiger partial charge is 0.411 e. The highest BCUT2D eigenvalue weighted by Gasteiger charge is 2.05. The van der Waals surface area contributed by atoms with E-state index in [-0.39, 0.29) is 0 Å². The largest absolute Gasteiger partial charge is 0.453 e. The van der Waals surface area contributed by atoms with E-state index in [9.17, 15) is 4.79 Å². The van der Waals surface area contributed by atoms with Crippen LogP contribution in [-0.2, 0) is 4.74 Å². The third kappa shape index (κ3) is 2.16. The van der Waals surface area contributed by atoms with Crippen molar-refractivity contribution in [2.45, 2.75) is 6.92 Å². The summed E-state index contributed by atoms with van der Waals surface area (Å²) >= 11 is 0. The maximum atomic E-state index is 11.0. The van der Waals surface area contributed by atoms with Crippen molar-refractivity contribution >= 4 is 17.5 Å². The number of carbonyl (C=O) groups excluding carboxylic acids is 1. The molecule has 0 spiro atoms. The summed E-state index contributed by atoms with van der Waals surface area (Å²) in [5.74, 6) is 0. The van der Waals surface area contributed by atoms with Crippen LogP contribution in [-0.4, -0.2) is 20.3 Å². The van der Waals surface area contributed by atoms with E-state index in [0.29, 0.717) is 0 Å². The van der Waals surface area contributed by atoms with Gasteiger partial charge < -0.3 is 10.1 Å². The van der Waals surface area contributed by atoms with Gasteiger partial charge in [-0.2, -0.15) is 0 Å². The van der Waals surface area contributed by atoms with Crippen LogP contribution >= 0.6 is 0 Å². The van der Waals surface area contributed by atoms with Crippen LogP contribution in [0.1, 0.15) is 5.56 Å². The van der Waals surface area contributed by atoms with Crippen LogP contribution in [0.4, 0.5) is 16.2 Å². The average molecular weight is 194 g/mol. The second-order valence-corrected chi connectivity index (χ2v) is 2.84. The van der Waals surface area contributed by atoms with Gasteiger partial charge in [0.2, 0.25) is 0 Å². The van der Waals surface area contributed by atoms with E-state index in [0.717, 1.165) is 16.9 Å². The van der Waals surface area contributed by atoms with Gasteiger partial charge in [-0.25, -0.2) is 4.79 Å². The second-order valence-electron chi connectivity index (χ2n) is 2.84. The Morgan fingerprint density at radius 1 is 1.36 bits per heavy atom. The SMILES string of the molecule is CNc1cccc(NC(=O)OC)c1C. The van der Waals surface area contributed by atoms with Gasteiger partial charge in [-0.15, -0.1) is 0 Å². The van der Waals surface area contributed by atoms with Gasteiger partial charge in [0.05, 0.1) is 7.11 Å². The number of anilines is 2. The van der Waals surface area contributed by atoms with E-state index >= 15 is 0 Å². The highest BCUT2D eigenvalue weighted by molar-refractivity contribution is 5.86. The zero-order valence-corrected chi connectivity index (χ0v) is 8.55. The molecule has 1 rings (SSSR count). The van der Waals surface area contributed by atoms with Crippen LogP contribution in [0.2, 0.25) is 0 Å². The summed E-state index contributed by atoms with van der Waals surface area (Å²) in [6.07, 6.45) is -0.457. The number of nitrogens with one attached hydrogen (secondary N) is 2. The maximum Gasteiger partial charge on any atom is 0.411 e. The molecule has 0 aliphatic heterocycles. The van der Waals surface area contributed by atoms with E-state index in [1.54, 1.807) is 0 Å². The standard InChI is InChI=1S/C10H14N2O2/c1-7-8(11-2)5-4-6-9(7)12-10(13)14-3/h4-6,11H,1-3H3,(H,12,13). The van der Waals surface area contributed by atoms with Gasteiger partial charge in [-0.1, -0.05) is 6.07 Å². The van der Waals surface area contributed by atoms with Crippen molar-refractivity contribution in [3.8, 4) is 0 Å². The minimum Gasteiger partial charge on any atom is -0.453 e. The molecule has 4 heteroatoms. The molecule has 1 amide bonds. The molecule has 0 aliphatic carbocycles. The monoisotopic (exact) mass is 194 g/mol. The van der Waals surface area contributed by atoms with Gasteiger partial charge in [0.25, 0.3) is 0 Å². The van der Waals surface area contributed by atoms with E-state index in [1.807, 2.05) is 32.2 Å². The molecule has 0 unspecified atom stereocenters. The lowest BCUT2D eigenvalue weighted by molar-refractivity contribution is 0.187. The van der Waals surface area contributed by atoms with Gasteiger partial charge in [0, 0.05) is 18.4 Å². The zero-order chi connectivity index (χ0) is 10.6. The molecule has 2 N–H and O–H groups in total. The van der Waals surface area contributed by atoms with Crippen molar-refractivity contribution in [3.63, 3.8) is 0 Å². The van der Waals surface area contributed by atoms with E-state index < -0.39 is 6.09 Å². The summed E-state index contributed by atoms with van der Waals surface area (Å²) in [7, 11) is 3.18. The number of hydrogen-bond donors (Lipinski definition) is 2. The molecule has 0 heterocycles. The fourth-order valence-electron chi connectivity index (χ4n) is 1.20. The van der Waals surface area contributed by atoms with E-state index in [2.05, 4.69) is 15.4 Å². The summed E-state index contributed by atoms with van der Waals surface area (Å²) in [6, 6.07) is 5.63. The van der Waals surface area contributed by atoms with Gasteiger partial charge in [0.1, 0.15) is 0 Å². The summed E-state index contributed by atoms with van der Waals surface area (Å²) in [5.41, 5.74) is 2.73. The van der Waals surface area contributed by atoms with E-state index in [1.165, 1.54) is 7.11 Å². The molecule has 0 saturated heterocycles. The lowest BCUT2D eigenvalue weighted by Gasteiger charge is -2.10. The lowest BCUT2D eigenvalue weighted by Crippen LogP contribution is -2.12. The normalized spacial score (nSPS) is 9.36. The van der Waals surface area contributed by atoms with Gasteiger partial charge in [-0.3, -0.25) is 5.32 Å². The van der Waals surface area contributed by atoms with Gasteiger partial charge >= 0.3 is 6.09 Å². The molecule has 0 radical (unpaired) electrons. The van der Waals surface area contributed by atoms with Crippen LogP contribution in [0.25, 0.3) is 0 Å². The van der Waals surface area contributed by atoms with Gasteiger partial charge in [0.15, 0.2) is 0 Å². The summed E-state index contributed by atoms with van der Waals surface area (Å²) in [6.45, 7) is 1.93. The van der Waals surface area contributed by atoms with Crippen LogP contribution in [0.5, 0.6) is 0 Å². The van der Waals surface area contributed by atoms with Gasteiger partial charge in [-0.05, 0) is 24.6 Å². The molecular weight excluding hydrogens is 180 g/mol. The minimum absolute atomic E-state index is 0.457. The van der Waals surface area contributed by atoms with Crippen molar-refractivity contribution in [3.05, 3.63) is 23.8 Å². The molecule has 0 saturated carbocycles. The Morgan fingerprint density at radius 3 is 2.57 bits per heavy atom. The molecule has 1 aromatic carbocycles. The average Bonchev–Trinajstić information content (AvgIpc) is 2.21. The summed E-state index contributed by atoms with van der Waals surface area (Å²) in [4.78, 5) is 11.0. The number of rotatable bonds is 2. The number of carbonyl (C=O) groups is 1. The van der Waals surface area contributed by atoms with Crippen LogP contribution in [0.15, 0.2) is 18.2 Å². The second kappa shape index (κ2) is 4.50. The Morgan fingerprint density at radius 2 is 2.00 bits per heavy atom. The lowest BCUT2D eigenvalue weighted by atomic mass is 10.1. The fraction of sp³-hybridized carbons (Fsp3) is 0.300. The first-order chi connectivity index (χ1) is 6.69. The molecule has 0 fully saturated rings. The third-order valence-corrected chi connectivity index (χ3v) is 2.03. The molecule has 4 nitrogen and oxygen atoms in total. The van der Waals surface area contributed by atoms with Crippen molar-refractivity contribution in [1.82, 2.24) is 0 Å². The van der Waals surface area contributed by atoms with E-state index in [4.69, 9.17) is 0 Å². The Labute approximate surface area is 83.3 Å². The summed E-state index contributed by atoms with van der Waals surface area (Å²) < 4.78 is 4.51. The molecule has 0 atom stereocenters. The number of methoxy groups -OCH3 is 1. The predicted octanol–water partition coefficient (Wildman–Crippen LogP) is 2.22. The maximum absolute atomic E-state index is 11.0. The molecule has 0 aromatic heterocycles. The zero-order valence-electron chi connectivity index (χ0n) is 8.55. The van der Waals surface area contributed by atoms with Crippen LogP contribution in [0.3, 0.4) is 0 Å². The number of hydrogen-bond acceptors (Lipinski definition) is 3. The molecule has 1 aromatic rings. The van der Waals surface area contributed by atoms with Crippen LogP contribution in [0, 0.1) is 6.92 Å².